The van der Waals surface area contributed by atoms with Crippen LogP contribution in [-0.4, -0.2) is 33.2 Å². The third-order valence-electron chi connectivity index (χ3n) is 5.12. The van der Waals surface area contributed by atoms with Gasteiger partial charge in [-0.15, -0.1) is 0 Å². The Morgan fingerprint density at radius 1 is 1.05 bits per heavy atom. The molecule has 5 heteroatoms. The van der Waals surface area contributed by atoms with E-state index in [0.29, 0.717) is 0 Å². The third-order valence-corrected chi connectivity index (χ3v) is 9.66. The highest BCUT2D eigenvalue weighted by Crippen LogP contribution is 2.37. The minimum Gasteiger partial charge on any atom is -0.417 e. The second kappa shape index (κ2) is 6.19. The Morgan fingerprint density at radius 2 is 1.52 bits per heavy atom. The molecule has 0 N–H and O–H groups in total. The molecule has 122 valence electrons. The maximum Gasteiger partial charge on any atom is 0.486 e. The van der Waals surface area contributed by atoms with Gasteiger partial charge in [-0.25, -0.2) is 0 Å². The van der Waals surface area contributed by atoms with Crippen molar-refractivity contribution in [1.29, 1.82) is 0 Å². The Morgan fingerprint density at radius 3 is 1.95 bits per heavy atom. The molecule has 21 heavy (non-hydrogen) atoms. The van der Waals surface area contributed by atoms with Gasteiger partial charge in [-0.1, -0.05) is 32.8 Å². The number of hydrogen-bond donors (Lipinski definition) is 0. The fraction of sp³-hybridized carbons (Fsp3) is 0.875. The van der Waals surface area contributed by atoms with E-state index in [9.17, 15) is 0 Å². The van der Waals surface area contributed by atoms with Crippen LogP contribution in [0.3, 0.4) is 0 Å². The Kier molecular flexibility index (Phi) is 5.58. The van der Waals surface area contributed by atoms with Crippen molar-refractivity contribution in [2.75, 3.05) is 6.61 Å². The van der Waals surface area contributed by atoms with E-state index in [-0.39, 0.29) is 23.4 Å². The van der Waals surface area contributed by atoms with Gasteiger partial charge in [-0.2, -0.15) is 0 Å². The van der Waals surface area contributed by atoms with Gasteiger partial charge in [0, 0.05) is 6.61 Å². The molecule has 1 aliphatic heterocycles. The van der Waals surface area contributed by atoms with Gasteiger partial charge in [0.1, 0.15) is 0 Å². The molecule has 1 rings (SSSR count). The molecule has 0 saturated carbocycles. The topological polar surface area (TPSA) is 27.7 Å². The summed E-state index contributed by atoms with van der Waals surface area (Å²) in [7, 11) is -1.88. The van der Waals surface area contributed by atoms with Gasteiger partial charge >= 0.3 is 7.12 Å². The first-order valence-corrected chi connectivity index (χ1v) is 10.9. The average molecular weight is 312 g/mol. The first kappa shape index (κ1) is 18.9. The molecule has 0 aromatic carbocycles. The van der Waals surface area contributed by atoms with Crippen LogP contribution in [0.25, 0.3) is 0 Å². The van der Waals surface area contributed by atoms with E-state index in [1.54, 1.807) is 0 Å². The van der Waals surface area contributed by atoms with Crippen molar-refractivity contribution in [3.05, 3.63) is 12.1 Å². The predicted molar refractivity (Wildman–Crippen MR) is 93.0 cm³/mol. The Bertz CT molecular complexity index is 367. The van der Waals surface area contributed by atoms with E-state index in [1.165, 1.54) is 0 Å². The van der Waals surface area contributed by atoms with Crippen molar-refractivity contribution in [1.82, 2.24) is 0 Å². The van der Waals surface area contributed by atoms with Crippen LogP contribution in [0.1, 0.15) is 54.9 Å². The molecular weight excluding hydrogens is 279 g/mol. The second-order valence-corrected chi connectivity index (χ2v) is 13.3. The lowest BCUT2D eigenvalue weighted by Crippen LogP contribution is -2.41. The zero-order chi connectivity index (χ0) is 16.5. The zero-order valence-corrected chi connectivity index (χ0v) is 16.4. The maximum absolute atomic E-state index is 6.15. The summed E-state index contributed by atoms with van der Waals surface area (Å²) in [4.78, 5) is 0. The van der Waals surface area contributed by atoms with Crippen molar-refractivity contribution >= 4 is 15.4 Å². The van der Waals surface area contributed by atoms with Gasteiger partial charge in [0.15, 0.2) is 8.32 Å². The van der Waals surface area contributed by atoms with Crippen molar-refractivity contribution < 1.29 is 13.7 Å². The monoisotopic (exact) mass is 312 g/mol. The quantitative estimate of drug-likeness (QED) is 0.549. The average Bonchev–Trinajstić information content (AvgIpc) is 2.45. The molecule has 0 aromatic heterocycles. The number of hydrogen-bond acceptors (Lipinski definition) is 3. The summed E-state index contributed by atoms with van der Waals surface area (Å²) in [6.45, 7) is 20.4. The minimum atomic E-state index is -1.63. The third kappa shape index (κ3) is 4.68. The molecule has 1 saturated heterocycles. The van der Waals surface area contributed by atoms with Crippen LogP contribution >= 0.6 is 0 Å². The smallest absolute Gasteiger partial charge is 0.417 e. The van der Waals surface area contributed by atoms with E-state index in [2.05, 4.69) is 67.6 Å². The van der Waals surface area contributed by atoms with Crippen molar-refractivity contribution in [2.24, 2.45) is 0 Å². The van der Waals surface area contributed by atoms with Crippen LogP contribution in [0.4, 0.5) is 0 Å². The highest BCUT2D eigenvalue weighted by molar-refractivity contribution is 6.74. The fourth-order valence-corrected chi connectivity index (χ4v) is 2.83. The Balaban J connectivity index is 2.38. The molecule has 0 bridgehead atoms. The molecule has 1 heterocycles. The molecule has 0 spiro atoms. The lowest BCUT2D eigenvalue weighted by molar-refractivity contribution is 0.00578. The summed E-state index contributed by atoms with van der Waals surface area (Å²) >= 11 is 0. The van der Waals surface area contributed by atoms with E-state index >= 15 is 0 Å². The fourth-order valence-electron chi connectivity index (χ4n) is 1.77. The van der Waals surface area contributed by atoms with Crippen LogP contribution in [0.5, 0.6) is 0 Å². The molecule has 1 fully saturated rings. The summed E-state index contributed by atoms with van der Waals surface area (Å²) in [5.74, 6) is 2.01. The second-order valence-electron chi connectivity index (χ2n) is 8.45. The minimum absolute atomic E-state index is 0.247. The summed E-state index contributed by atoms with van der Waals surface area (Å²) in [5.41, 5.74) is -0.528. The zero-order valence-electron chi connectivity index (χ0n) is 15.4. The summed E-state index contributed by atoms with van der Waals surface area (Å²) in [6, 6.07) is 0. The predicted octanol–water partition coefficient (Wildman–Crippen LogP) is 4.59. The van der Waals surface area contributed by atoms with Crippen LogP contribution in [-0.2, 0) is 13.7 Å². The Hall–Kier alpha value is -0.0982. The molecule has 0 aromatic rings. The van der Waals surface area contributed by atoms with Crippen molar-refractivity contribution in [3.8, 4) is 0 Å². The van der Waals surface area contributed by atoms with E-state index in [0.717, 1.165) is 13.0 Å². The largest absolute Gasteiger partial charge is 0.486 e. The molecule has 0 amide bonds. The molecule has 0 atom stereocenters. The molecule has 3 nitrogen and oxygen atoms in total. The van der Waals surface area contributed by atoms with Gasteiger partial charge in [0.25, 0.3) is 0 Å². The maximum atomic E-state index is 6.15. The summed E-state index contributed by atoms with van der Waals surface area (Å²) in [6.07, 6.45) is 3.01. The van der Waals surface area contributed by atoms with Gasteiger partial charge in [0.05, 0.1) is 11.2 Å². The van der Waals surface area contributed by atoms with Gasteiger partial charge in [-0.3, -0.25) is 0 Å². The first-order valence-electron chi connectivity index (χ1n) is 7.95. The van der Waals surface area contributed by atoms with Crippen molar-refractivity contribution in [2.45, 2.75) is 84.2 Å². The Labute approximate surface area is 132 Å². The summed E-state index contributed by atoms with van der Waals surface area (Å²) in [5, 5.41) is 0.266. The lowest BCUT2D eigenvalue weighted by Gasteiger charge is -2.36. The van der Waals surface area contributed by atoms with Gasteiger partial charge < -0.3 is 13.7 Å². The molecule has 0 radical (unpaired) electrons. The van der Waals surface area contributed by atoms with E-state index < -0.39 is 8.32 Å². The van der Waals surface area contributed by atoms with E-state index in [4.69, 9.17) is 13.7 Å². The van der Waals surface area contributed by atoms with Crippen molar-refractivity contribution in [3.63, 3.8) is 0 Å². The highest BCUT2D eigenvalue weighted by Gasteiger charge is 2.49. The van der Waals surface area contributed by atoms with Crippen LogP contribution in [0.2, 0.25) is 18.1 Å². The van der Waals surface area contributed by atoms with E-state index in [1.807, 2.05) is 5.98 Å². The molecule has 0 unspecified atom stereocenters. The highest BCUT2D eigenvalue weighted by atomic mass is 28.4. The van der Waals surface area contributed by atoms with Crippen LogP contribution in [0.15, 0.2) is 12.1 Å². The standard InChI is InChI=1S/C16H33BO3Si/c1-14(2,3)21(8,9)18-13-11-10-12-17-19-15(4,5)16(6,7)20-17/h10,12H,11,13H2,1-9H3. The van der Waals surface area contributed by atoms with Crippen LogP contribution < -0.4 is 0 Å². The SMILES string of the molecule is CC1(C)OB(C=CCCO[Si](C)(C)C(C)(C)C)OC1(C)C. The normalized spacial score (nSPS) is 22.2. The molecule has 1 aliphatic rings. The summed E-state index contributed by atoms with van der Waals surface area (Å²) < 4.78 is 18.0. The van der Waals surface area contributed by atoms with Gasteiger partial charge in [0.2, 0.25) is 0 Å². The molecule has 0 aliphatic carbocycles. The number of rotatable bonds is 5. The first-order chi connectivity index (χ1) is 9.29. The van der Waals surface area contributed by atoms with Crippen LogP contribution in [0, 0.1) is 0 Å². The lowest BCUT2D eigenvalue weighted by atomic mass is 9.90. The van der Waals surface area contributed by atoms with Gasteiger partial charge in [-0.05, 0) is 52.2 Å². The molecular formula is C16H33BO3Si.